The van der Waals surface area contributed by atoms with Gasteiger partial charge in [0, 0.05) is 19.2 Å². The average Bonchev–Trinajstić information content (AvgIpc) is 2.28. The van der Waals surface area contributed by atoms with Crippen LogP contribution in [0.25, 0.3) is 0 Å². The first-order chi connectivity index (χ1) is 9.15. The van der Waals surface area contributed by atoms with Gasteiger partial charge in [-0.3, -0.25) is 9.59 Å². The molecule has 0 aliphatic rings. The Morgan fingerprint density at radius 2 is 1.90 bits per heavy atom. The maximum absolute atomic E-state index is 11.7. The van der Waals surface area contributed by atoms with E-state index in [1.54, 1.807) is 20.8 Å². The van der Waals surface area contributed by atoms with E-state index in [2.05, 4.69) is 10.6 Å². The van der Waals surface area contributed by atoms with Crippen LogP contribution in [-0.4, -0.2) is 52.8 Å². The highest BCUT2D eigenvalue weighted by atomic mass is 32.2. The molecule has 0 radical (unpaired) electrons. The van der Waals surface area contributed by atoms with E-state index in [9.17, 15) is 14.4 Å². The fourth-order valence-electron chi connectivity index (χ4n) is 1.14. The molecule has 0 saturated heterocycles. The van der Waals surface area contributed by atoms with Gasteiger partial charge in [0.25, 0.3) is 0 Å². The molecule has 7 nitrogen and oxygen atoms in total. The van der Waals surface area contributed by atoms with E-state index in [0.29, 0.717) is 5.75 Å². The molecule has 2 amide bonds. The minimum atomic E-state index is -1.08. The van der Waals surface area contributed by atoms with Crippen molar-refractivity contribution < 1.29 is 24.2 Å². The third-order valence-electron chi connectivity index (χ3n) is 1.90. The summed E-state index contributed by atoms with van der Waals surface area (Å²) in [6, 6.07) is -1.08. The van der Waals surface area contributed by atoms with Gasteiger partial charge in [0.05, 0.1) is 6.61 Å². The van der Waals surface area contributed by atoms with Crippen molar-refractivity contribution >= 4 is 28.9 Å². The lowest BCUT2D eigenvalue weighted by molar-refractivity contribution is -0.124. The van der Waals surface area contributed by atoms with Gasteiger partial charge in [-0.15, -0.1) is 0 Å². The monoisotopic (exact) mass is 306 g/mol. The fraction of sp³-hybridized carbons (Fsp3) is 0.750. The SMILES string of the molecule is CC(=O)SCCNC(=O)[C@H](CO)NC(=O)OC(C)(C)C. The topological polar surface area (TPSA) is 105 Å². The van der Waals surface area contributed by atoms with Gasteiger partial charge in [-0.2, -0.15) is 0 Å². The summed E-state index contributed by atoms with van der Waals surface area (Å²) in [4.78, 5) is 33.9. The van der Waals surface area contributed by atoms with Crippen LogP contribution in [0.1, 0.15) is 27.7 Å². The molecule has 0 aromatic rings. The second-order valence-electron chi connectivity index (χ2n) is 5.01. The molecule has 0 unspecified atom stereocenters. The molecule has 0 rings (SSSR count). The molecule has 0 spiro atoms. The Balaban J connectivity index is 4.14. The average molecular weight is 306 g/mol. The van der Waals surface area contributed by atoms with Gasteiger partial charge >= 0.3 is 6.09 Å². The number of amides is 2. The zero-order valence-corrected chi connectivity index (χ0v) is 13.0. The highest BCUT2D eigenvalue weighted by molar-refractivity contribution is 8.13. The van der Waals surface area contributed by atoms with Crippen LogP contribution in [0.4, 0.5) is 4.79 Å². The Hall–Kier alpha value is -1.28. The smallest absolute Gasteiger partial charge is 0.408 e. The van der Waals surface area contributed by atoms with Crippen molar-refractivity contribution in [3.8, 4) is 0 Å². The number of aliphatic hydroxyl groups excluding tert-OH is 1. The number of aliphatic hydroxyl groups is 1. The predicted octanol–water partition coefficient (Wildman–Crippen LogP) is 0.268. The lowest BCUT2D eigenvalue weighted by Gasteiger charge is -2.22. The largest absolute Gasteiger partial charge is 0.444 e. The zero-order valence-electron chi connectivity index (χ0n) is 12.2. The summed E-state index contributed by atoms with van der Waals surface area (Å²) >= 11 is 1.09. The van der Waals surface area contributed by atoms with Crippen molar-refractivity contribution in [3.63, 3.8) is 0 Å². The van der Waals surface area contributed by atoms with E-state index in [0.717, 1.165) is 11.8 Å². The molecule has 0 fully saturated rings. The van der Waals surface area contributed by atoms with Gasteiger partial charge in [-0.05, 0) is 20.8 Å². The minimum Gasteiger partial charge on any atom is -0.444 e. The van der Waals surface area contributed by atoms with Crippen LogP contribution in [0.5, 0.6) is 0 Å². The number of alkyl carbamates (subject to hydrolysis) is 1. The Kier molecular flexibility index (Phi) is 8.24. The molecule has 0 heterocycles. The molecule has 3 N–H and O–H groups in total. The van der Waals surface area contributed by atoms with Gasteiger partial charge in [0.1, 0.15) is 11.6 Å². The van der Waals surface area contributed by atoms with E-state index in [1.807, 2.05) is 0 Å². The van der Waals surface area contributed by atoms with Crippen molar-refractivity contribution in [2.24, 2.45) is 0 Å². The molecule has 0 saturated carbocycles. The van der Waals surface area contributed by atoms with Crippen LogP contribution in [0, 0.1) is 0 Å². The van der Waals surface area contributed by atoms with Gasteiger partial charge in [0.15, 0.2) is 5.12 Å². The molecule has 20 heavy (non-hydrogen) atoms. The fourth-order valence-corrected chi connectivity index (χ4v) is 1.63. The number of hydrogen-bond acceptors (Lipinski definition) is 6. The summed E-state index contributed by atoms with van der Waals surface area (Å²) in [5.41, 5.74) is -0.682. The third kappa shape index (κ3) is 9.62. The summed E-state index contributed by atoms with van der Waals surface area (Å²) in [6.07, 6.45) is -0.773. The van der Waals surface area contributed by atoms with Gasteiger partial charge in [0.2, 0.25) is 5.91 Å². The predicted molar refractivity (Wildman–Crippen MR) is 76.4 cm³/mol. The maximum Gasteiger partial charge on any atom is 0.408 e. The number of carbonyl (C=O) groups excluding carboxylic acids is 3. The lowest BCUT2D eigenvalue weighted by Crippen LogP contribution is -2.50. The van der Waals surface area contributed by atoms with Gasteiger partial charge in [-0.25, -0.2) is 4.79 Å². The number of thioether (sulfide) groups is 1. The Morgan fingerprint density at radius 3 is 2.35 bits per heavy atom. The van der Waals surface area contributed by atoms with E-state index in [4.69, 9.17) is 9.84 Å². The van der Waals surface area contributed by atoms with E-state index < -0.39 is 30.3 Å². The van der Waals surface area contributed by atoms with Gasteiger partial charge in [-0.1, -0.05) is 11.8 Å². The first-order valence-electron chi connectivity index (χ1n) is 6.17. The minimum absolute atomic E-state index is 0.0372. The van der Waals surface area contributed by atoms with Crippen molar-refractivity contribution in [1.29, 1.82) is 0 Å². The van der Waals surface area contributed by atoms with Crippen LogP contribution in [0.3, 0.4) is 0 Å². The molecular weight excluding hydrogens is 284 g/mol. The van der Waals surface area contributed by atoms with Crippen molar-refractivity contribution in [2.75, 3.05) is 18.9 Å². The quantitative estimate of drug-likeness (QED) is 0.608. The second kappa shape index (κ2) is 8.80. The number of ether oxygens (including phenoxy) is 1. The standard InChI is InChI=1S/C12H22N2O5S/c1-8(16)20-6-5-13-10(17)9(7-15)14-11(18)19-12(2,3)4/h9,15H,5-7H2,1-4H3,(H,13,17)(H,14,18)/t9-/m0/s1. The molecule has 1 atom stereocenters. The molecule has 0 aromatic heterocycles. The normalized spacial score (nSPS) is 12.4. The molecule has 116 valence electrons. The van der Waals surface area contributed by atoms with Crippen LogP contribution >= 0.6 is 11.8 Å². The summed E-state index contributed by atoms with van der Waals surface area (Å²) in [5.74, 6) is -0.0893. The second-order valence-corrected chi connectivity index (χ2v) is 6.28. The van der Waals surface area contributed by atoms with Crippen LogP contribution in [0.2, 0.25) is 0 Å². The molecule has 0 aliphatic carbocycles. The zero-order chi connectivity index (χ0) is 15.8. The Morgan fingerprint density at radius 1 is 1.30 bits per heavy atom. The number of hydrogen-bond donors (Lipinski definition) is 3. The number of nitrogens with one attached hydrogen (secondary N) is 2. The van der Waals surface area contributed by atoms with Gasteiger partial charge < -0.3 is 20.5 Å². The van der Waals surface area contributed by atoms with E-state index >= 15 is 0 Å². The van der Waals surface area contributed by atoms with E-state index in [1.165, 1.54) is 6.92 Å². The molecule has 0 aliphatic heterocycles. The Bertz CT molecular complexity index is 354. The molecule has 0 bridgehead atoms. The third-order valence-corrected chi connectivity index (χ3v) is 2.71. The maximum atomic E-state index is 11.7. The molecule has 8 heteroatoms. The Labute approximate surface area is 122 Å². The highest BCUT2D eigenvalue weighted by Gasteiger charge is 2.23. The number of rotatable bonds is 6. The van der Waals surface area contributed by atoms with E-state index in [-0.39, 0.29) is 11.7 Å². The van der Waals surface area contributed by atoms with Crippen LogP contribution in [-0.2, 0) is 14.3 Å². The first kappa shape index (κ1) is 18.7. The summed E-state index contributed by atoms with van der Waals surface area (Å²) in [7, 11) is 0. The lowest BCUT2D eigenvalue weighted by atomic mass is 10.2. The van der Waals surface area contributed by atoms with Crippen molar-refractivity contribution in [2.45, 2.75) is 39.3 Å². The molecular formula is C12H22N2O5S. The number of carbonyl (C=O) groups is 3. The summed E-state index contributed by atoms with van der Waals surface area (Å²) in [6.45, 7) is 6.26. The summed E-state index contributed by atoms with van der Waals surface area (Å²) < 4.78 is 4.99. The van der Waals surface area contributed by atoms with Crippen molar-refractivity contribution in [1.82, 2.24) is 10.6 Å². The molecule has 0 aromatic carbocycles. The van der Waals surface area contributed by atoms with Crippen molar-refractivity contribution in [3.05, 3.63) is 0 Å². The van der Waals surface area contributed by atoms with Crippen LogP contribution in [0.15, 0.2) is 0 Å². The van der Waals surface area contributed by atoms with Crippen LogP contribution < -0.4 is 10.6 Å². The first-order valence-corrected chi connectivity index (χ1v) is 7.15. The highest BCUT2D eigenvalue weighted by Crippen LogP contribution is 2.06. The summed E-state index contributed by atoms with van der Waals surface area (Å²) in [5, 5.41) is 13.9.